The molecule has 0 spiro atoms. The summed E-state index contributed by atoms with van der Waals surface area (Å²) < 4.78 is 15.6. The average Bonchev–Trinajstić information content (AvgIpc) is 3.16. The molecule has 0 bridgehead atoms. The first-order chi connectivity index (χ1) is 12.9. The van der Waals surface area contributed by atoms with E-state index in [0.717, 1.165) is 4.90 Å². The molecule has 138 valence electrons. The van der Waals surface area contributed by atoms with Gasteiger partial charge in [0, 0.05) is 35.1 Å². The third kappa shape index (κ3) is 4.50. The summed E-state index contributed by atoms with van der Waals surface area (Å²) >= 11 is 1.25. The number of carbonyl (C=O) groups is 1. The van der Waals surface area contributed by atoms with E-state index in [4.69, 9.17) is 0 Å². The fourth-order valence-electron chi connectivity index (χ4n) is 2.33. The Balaban J connectivity index is 1.64. The third-order valence-electron chi connectivity index (χ3n) is 3.70. The zero-order valence-electron chi connectivity index (χ0n) is 14.2. The predicted octanol–water partition coefficient (Wildman–Crippen LogP) is 4.04. The van der Waals surface area contributed by atoms with E-state index in [9.17, 15) is 19.3 Å². The average molecular weight is 386 g/mol. The van der Waals surface area contributed by atoms with Crippen LogP contribution in [0.25, 0.3) is 5.69 Å². The van der Waals surface area contributed by atoms with Gasteiger partial charge in [-0.15, -0.1) is 11.8 Å². The molecular weight excluding hydrogens is 371 g/mol. The summed E-state index contributed by atoms with van der Waals surface area (Å²) in [7, 11) is 0. The summed E-state index contributed by atoms with van der Waals surface area (Å²) in [5, 5.41) is 16.8. The maximum atomic E-state index is 14.2. The van der Waals surface area contributed by atoms with E-state index >= 15 is 0 Å². The van der Waals surface area contributed by atoms with Gasteiger partial charge in [-0.1, -0.05) is 0 Å². The van der Waals surface area contributed by atoms with Crippen LogP contribution in [0.5, 0.6) is 0 Å². The monoisotopic (exact) mass is 386 g/mol. The van der Waals surface area contributed by atoms with E-state index in [1.807, 2.05) is 0 Å². The number of hydrogen-bond acceptors (Lipinski definition) is 5. The van der Waals surface area contributed by atoms with Crippen molar-refractivity contribution in [3.05, 3.63) is 76.9 Å². The van der Waals surface area contributed by atoms with Gasteiger partial charge in [0.15, 0.2) is 5.82 Å². The summed E-state index contributed by atoms with van der Waals surface area (Å²) in [4.78, 5) is 23.3. The van der Waals surface area contributed by atoms with E-state index in [1.165, 1.54) is 40.7 Å². The molecule has 0 aliphatic carbocycles. The maximum Gasteiger partial charge on any atom is 0.269 e. The number of hydrogen-bond donors (Lipinski definition) is 1. The number of carbonyl (C=O) groups excluding carboxylic acids is 1. The molecule has 2 aromatic carbocycles. The number of aromatic nitrogens is 2. The molecular formula is C18H15FN4O3S. The Labute approximate surface area is 158 Å². The highest BCUT2D eigenvalue weighted by atomic mass is 32.2. The maximum absolute atomic E-state index is 14.2. The molecule has 0 aliphatic heterocycles. The van der Waals surface area contributed by atoms with Crippen molar-refractivity contribution in [3.8, 4) is 5.69 Å². The highest BCUT2D eigenvalue weighted by Gasteiger charge is 2.16. The molecule has 1 amide bonds. The molecule has 1 aromatic heterocycles. The van der Waals surface area contributed by atoms with E-state index in [2.05, 4.69) is 10.4 Å². The number of rotatable bonds is 6. The second-order valence-corrected chi connectivity index (χ2v) is 7.03. The van der Waals surface area contributed by atoms with Crippen LogP contribution in [-0.4, -0.2) is 25.9 Å². The minimum Gasteiger partial charge on any atom is -0.325 e. The number of nitro groups is 1. The molecule has 3 rings (SSSR count). The van der Waals surface area contributed by atoms with Crippen LogP contribution in [0.1, 0.15) is 6.92 Å². The zero-order valence-corrected chi connectivity index (χ0v) is 15.0. The summed E-state index contributed by atoms with van der Waals surface area (Å²) in [5.74, 6) is -0.809. The quantitative estimate of drug-likeness (QED) is 0.392. The first kappa shape index (κ1) is 18.6. The van der Waals surface area contributed by atoms with Gasteiger partial charge in [0.25, 0.3) is 5.69 Å². The number of nitrogens with zero attached hydrogens (tertiary/aromatic N) is 3. The smallest absolute Gasteiger partial charge is 0.269 e. The van der Waals surface area contributed by atoms with Crippen LogP contribution in [-0.2, 0) is 4.79 Å². The molecule has 1 unspecified atom stereocenters. The number of nitrogens with one attached hydrogen (secondary N) is 1. The fraction of sp³-hybridized carbons (Fsp3) is 0.111. The van der Waals surface area contributed by atoms with Gasteiger partial charge in [-0.3, -0.25) is 14.9 Å². The minimum absolute atomic E-state index is 0.01000. The normalized spacial score (nSPS) is 11.8. The molecule has 0 radical (unpaired) electrons. The Kier molecular flexibility index (Phi) is 5.51. The Morgan fingerprint density at radius 2 is 2.04 bits per heavy atom. The Morgan fingerprint density at radius 3 is 2.63 bits per heavy atom. The molecule has 1 N–H and O–H groups in total. The van der Waals surface area contributed by atoms with Gasteiger partial charge in [-0.25, -0.2) is 9.07 Å². The van der Waals surface area contributed by atoms with Crippen LogP contribution < -0.4 is 5.32 Å². The Hall–Kier alpha value is -3.20. The lowest BCUT2D eigenvalue weighted by atomic mass is 10.2. The van der Waals surface area contributed by atoms with Crippen LogP contribution in [0.3, 0.4) is 0 Å². The van der Waals surface area contributed by atoms with Gasteiger partial charge >= 0.3 is 0 Å². The number of nitro benzene ring substituents is 1. The predicted molar refractivity (Wildman–Crippen MR) is 101 cm³/mol. The van der Waals surface area contributed by atoms with Crippen LogP contribution in [0, 0.1) is 15.9 Å². The lowest BCUT2D eigenvalue weighted by Crippen LogP contribution is -2.22. The van der Waals surface area contributed by atoms with Crippen molar-refractivity contribution >= 4 is 29.0 Å². The lowest BCUT2D eigenvalue weighted by Gasteiger charge is -2.13. The van der Waals surface area contributed by atoms with Gasteiger partial charge in [0.2, 0.25) is 5.91 Å². The lowest BCUT2D eigenvalue weighted by molar-refractivity contribution is -0.384. The van der Waals surface area contributed by atoms with Crippen molar-refractivity contribution in [1.29, 1.82) is 0 Å². The first-order valence-electron chi connectivity index (χ1n) is 7.95. The second kappa shape index (κ2) is 8.00. The molecule has 9 heteroatoms. The SMILES string of the molecule is CC(Sc1ccc([N+](=O)[O-])cc1)C(=O)Nc1ccc(-n2cccn2)c(F)c1. The summed E-state index contributed by atoms with van der Waals surface area (Å²) in [6.07, 6.45) is 3.17. The van der Waals surface area contributed by atoms with Crippen LogP contribution in [0.4, 0.5) is 15.8 Å². The van der Waals surface area contributed by atoms with Gasteiger partial charge in [-0.05, 0) is 43.3 Å². The molecule has 3 aromatic rings. The molecule has 0 aliphatic rings. The van der Waals surface area contributed by atoms with E-state index < -0.39 is 16.0 Å². The highest BCUT2D eigenvalue weighted by Crippen LogP contribution is 2.26. The molecule has 7 nitrogen and oxygen atoms in total. The van der Waals surface area contributed by atoms with E-state index in [-0.39, 0.29) is 17.3 Å². The van der Waals surface area contributed by atoms with E-state index in [1.54, 1.807) is 43.6 Å². The van der Waals surface area contributed by atoms with Crippen molar-refractivity contribution in [2.24, 2.45) is 0 Å². The number of amides is 1. The van der Waals surface area contributed by atoms with Crippen molar-refractivity contribution in [2.75, 3.05) is 5.32 Å². The number of benzene rings is 2. The van der Waals surface area contributed by atoms with Crippen molar-refractivity contribution in [2.45, 2.75) is 17.1 Å². The topological polar surface area (TPSA) is 90.1 Å². The molecule has 1 atom stereocenters. The van der Waals surface area contributed by atoms with Gasteiger partial charge in [0.1, 0.15) is 5.69 Å². The first-order valence-corrected chi connectivity index (χ1v) is 8.83. The Morgan fingerprint density at radius 1 is 1.30 bits per heavy atom. The summed E-state index contributed by atoms with van der Waals surface area (Å²) in [5.41, 5.74) is 0.611. The third-order valence-corrected chi connectivity index (χ3v) is 4.81. The largest absolute Gasteiger partial charge is 0.325 e. The Bertz CT molecular complexity index is 961. The second-order valence-electron chi connectivity index (χ2n) is 5.62. The minimum atomic E-state index is -0.507. The number of anilines is 1. The van der Waals surface area contributed by atoms with E-state index in [0.29, 0.717) is 5.69 Å². The van der Waals surface area contributed by atoms with Crippen LogP contribution in [0.15, 0.2) is 65.8 Å². The van der Waals surface area contributed by atoms with Crippen LogP contribution in [0.2, 0.25) is 0 Å². The zero-order chi connectivity index (χ0) is 19.4. The molecule has 1 heterocycles. The summed E-state index contributed by atoms with van der Waals surface area (Å²) in [6, 6.07) is 12.0. The molecule has 0 saturated heterocycles. The van der Waals surface area contributed by atoms with Crippen molar-refractivity contribution in [1.82, 2.24) is 9.78 Å². The summed E-state index contributed by atoms with van der Waals surface area (Å²) in [6.45, 7) is 1.70. The van der Waals surface area contributed by atoms with Crippen LogP contribution >= 0.6 is 11.8 Å². The fourth-order valence-corrected chi connectivity index (χ4v) is 3.20. The van der Waals surface area contributed by atoms with Gasteiger partial charge < -0.3 is 5.32 Å². The molecule has 27 heavy (non-hydrogen) atoms. The van der Waals surface area contributed by atoms with Crippen molar-refractivity contribution < 1.29 is 14.1 Å². The van der Waals surface area contributed by atoms with Gasteiger partial charge in [-0.2, -0.15) is 5.10 Å². The number of halogens is 1. The number of non-ortho nitro benzene ring substituents is 1. The molecule has 0 saturated carbocycles. The highest BCUT2D eigenvalue weighted by molar-refractivity contribution is 8.00. The van der Waals surface area contributed by atoms with Gasteiger partial charge in [0.05, 0.1) is 10.2 Å². The number of thioether (sulfide) groups is 1. The van der Waals surface area contributed by atoms with Crippen molar-refractivity contribution in [3.63, 3.8) is 0 Å². The molecule has 0 fully saturated rings. The standard InChI is InChI=1S/C18H15FN4O3S/c1-12(27-15-6-4-14(5-7-15)23(25)26)18(24)21-13-3-8-17(16(19)11-13)22-10-2-9-20-22/h2-12H,1H3,(H,21,24).